The monoisotopic (exact) mass is 831 g/mol. The second-order valence-electron chi connectivity index (χ2n) is 17.1. The van der Waals surface area contributed by atoms with Gasteiger partial charge in [0.2, 0.25) is 0 Å². The molecule has 1 aliphatic heterocycles. The van der Waals surface area contributed by atoms with Crippen LogP contribution in [0.25, 0.3) is 98.4 Å². The Kier molecular flexibility index (Phi) is 8.71. The molecule has 11 aromatic carbocycles. The lowest BCUT2D eigenvalue weighted by Gasteiger charge is -2.32. The lowest BCUT2D eigenvalue weighted by atomic mass is 9.91. The van der Waals surface area contributed by atoms with Crippen LogP contribution in [0, 0.1) is 0 Å². The first-order valence-corrected chi connectivity index (χ1v) is 22.3. The number of nitrogens with one attached hydrogen (secondary N) is 2. The Bertz CT molecular complexity index is 3850. The van der Waals surface area contributed by atoms with Gasteiger partial charge in [0.25, 0.3) is 0 Å². The van der Waals surface area contributed by atoms with Crippen LogP contribution in [0.15, 0.2) is 234 Å². The maximum absolute atomic E-state index is 7.08. The average Bonchev–Trinajstić information content (AvgIpc) is 3.77. The molecule has 0 radical (unpaired) electrons. The van der Waals surface area contributed by atoms with Crippen LogP contribution in [-0.2, 0) is 0 Å². The first kappa shape index (κ1) is 37.3. The number of furan rings is 1. The molecule has 2 heterocycles. The van der Waals surface area contributed by atoms with Gasteiger partial charge in [0, 0.05) is 27.5 Å². The van der Waals surface area contributed by atoms with Crippen LogP contribution in [0.4, 0.5) is 0 Å². The first-order chi connectivity index (χ1) is 32.2. The number of amidine groups is 1. The fourth-order valence-electron chi connectivity index (χ4n) is 10.1. The summed E-state index contributed by atoms with van der Waals surface area (Å²) < 4.78 is 7.08. The number of hydrogen-bond acceptors (Lipinski definition) is 4. The quantitative estimate of drug-likeness (QED) is 0.164. The summed E-state index contributed by atoms with van der Waals surface area (Å²) in [5.41, 5.74) is 11.7. The van der Waals surface area contributed by atoms with Crippen LogP contribution in [0.2, 0.25) is 0 Å². The molecule has 0 spiro atoms. The van der Waals surface area contributed by atoms with E-state index in [4.69, 9.17) is 9.41 Å². The highest BCUT2D eigenvalue weighted by molar-refractivity contribution is 6.15. The van der Waals surface area contributed by atoms with Crippen molar-refractivity contribution in [3.8, 4) is 33.4 Å². The van der Waals surface area contributed by atoms with Gasteiger partial charge in [0.05, 0.1) is 0 Å². The van der Waals surface area contributed by atoms with Gasteiger partial charge < -0.3 is 9.73 Å². The molecule has 0 saturated heterocycles. The summed E-state index contributed by atoms with van der Waals surface area (Å²) in [7, 11) is 0. The summed E-state index contributed by atoms with van der Waals surface area (Å²) in [6, 6.07) is 80.8. The second kappa shape index (κ2) is 15.2. The van der Waals surface area contributed by atoms with Crippen LogP contribution in [0.5, 0.6) is 0 Å². The Balaban J connectivity index is 1.03. The number of benzene rings is 11. The lowest BCUT2D eigenvalue weighted by molar-refractivity contribution is 0.410. The zero-order chi connectivity index (χ0) is 42.8. The smallest absolute Gasteiger partial charge is 0.143 e. The Morgan fingerprint density at radius 1 is 0.385 bits per heavy atom. The van der Waals surface area contributed by atoms with Crippen molar-refractivity contribution in [3.05, 3.63) is 241 Å². The molecule has 4 nitrogen and oxygen atoms in total. The summed E-state index contributed by atoms with van der Waals surface area (Å²) in [4.78, 5) is 5.46. The van der Waals surface area contributed by atoms with Crippen LogP contribution in [0.1, 0.15) is 29.0 Å². The van der Waals surface area contributed by atoms with E-state index in [0.29, 0.717) is 0 Å². The van der Waals surface area contributed by atoms with Crippen LogP contribution >= 0.6 is 0 Å². The van der Waals surface area contributed by atoms with Crippen molar-refractivity contribution >= 4 is 70.9 Å². The van der Waals surface area contributed by atoms with E-state index in [1.807, 2.05) is 6.07 Å². The topological polar surface area (TPSA) is 49.6 Å². The fourth-order valence-corrected chi connectivity index (χ4v) is 10.1. The molecule has 13 rings (SSSR count). The van der Waals surface area contributed by atoms with Crippen molar-refractivity contribution in [3.63, 3.8) is 0 Å². The van der Waals surface area contributed by atoms with Crippen molar-refractivity contribution in [2.45, 2.75) is 12.3 Å². The Hall–Kier alpha value is -8.31. The SMILES string of the molecule is c1ccc(C2=NC(c3cccc4oc5c(-c6ccc7ccc8ccccc8c7c6)cc(-c6ccc7ccc8ccccc8c7c6)cc5c34)NC(c3cccc(-c4ccccc4)c3)N2)cc1. The minimum Gasteiger partial charge on any atom is -0.455 e. The molecule has 306 valence electrons. The van der Waals surface area contributed by atoms with Crippen molar-refractivity contribution in [1.82, 2.24) is 10.6 Å². The third-order valence-electron chi connectivity index (χ3n) is 13.3. The summed E-state index contributed by atoms with van der Waals surface area (Å²) in [5, 5.41) is 19.6. The number of aliphatic imine (C=N–C) groups is 1. The Morgan fingerprint density at radius 3 is 1.66 bits per heavy atom. The highest BCUT2D eigenvalue weighted by atomic mass is 16.3. The summed E-state index contributed by atoms with van der Waals surface area (Å²) >= 11 is 0. The van der Waals surface area contributed by atoms with Gasteiger partial charge in [-0.25, -0.2) is 4.99 Å². The average molecular weight is 832 g/mol. The van der Waals surface area contributed by atoms with E-state index in [9.17, 15) is 0 Å². The first-order valence-electron chi connectivity index (χ1n) is 22.3. The Morgan fingerprint density at radius 2 is 0.938 bits per heavy atom. The van der Waals surface area contributed by atoms with Crippen LogP contribution < -0.4 is 10.6 Å². The maximum atomic E-state index is 7.08. The van der Waals surface area contributed by atoms with Crippen molar-refractivity contribution < 1.29 is 4.42 Å². The largest absolute Gasteiger partial charge is 0.455 e. The second-order valence-corrected chi connectivity index (χ2v) is 17.1. The Labute approximate surface area is 376 Å². The van der Waals surface area contributed by atoms with E-state index in [1.165, 1.54) is 54.2 Å². The van der Waals surface area contributed by atoms with Gasteiger partial charge in [-0.1, -0.05) is 188 Å². The molecule has 12 aromatic rings. The van der Waals surface area contributed by atoms with Crippen molar-refractivity contribution in [2.75, 3.05) is 0 Å². The van der Waals surface area contributed by atoms with E-state index in [-0.39, 0.29) is 6.17 Å². The molecule has 2 unspecified atom stereocenters. The van der Waals surface area contributed by atoms with Crippen molar-refractivity contribution in [2.24, 2.45) is 4.99 Å². The highest BCUT2D eigenvalue weighted by Crippen LogP contribution is 2.44. The molecule has 2 atom stereocenters. The lowest BCUT2D eigenvalue weighted by Crippen LogP contribution is -2.45. The number of rotatable bonds is 6. The normalized spacial score (nSPS) is 15.2. The van der Waals surface area contributed by atoms with Crippen molar-refractivity contribution in [1.29, 1.82) is 0 Å². The molecule has 2 N–H and O–H groups in total. The zero-order valence-electron chi connectivity index (χ0n) is 35.4. The standard InChI is InChI=1S/C61H41N3O/c1-3-13-38(14-4-1)44-19-11-20-47(33-44)60-62-59(43-17-5-2-6-18-43)63-61(64-60)51-23-12-24-56-57(51)55-37-48(45-31-29-41-27-25-39-15-7-9-21-49(39)52(41)34-45)36-54(58(55)65-56)46-32-30-42-28-26-40-16-8-10-22-50(40)53(42)35-46/h1-37,60-61,64H,(H,62,63). The van der Waals surface area contributed by atoms with Gasteiger partial charge in [-0.15, -0.1) is 0 Å². The molecular formula is C61H41N3O. The minimum atomic E-state index is -0.396. The van der Waals surface area contributed by atoms with Crippen LogP contribution in [-0.4, -0.2) is 5.84 Å². The number of hydrogen-bond donors (Lipinski definition) is 2. The van der Waals surface area contributed by atoms with Gasteiger partial charge in [0.1, 0.15) is 29.3 Å². The van der Waals surface area contributed by atoms with E-state index in [1.54, 1.807) is 0 Å². The summed E-state index contributed by atoms with van der Waals surface area (Å²) in [6.07, 6.45) is -0.622. The highest BCUT2D eigenvalue weighted by Gasteiger charge is 2.29. The number of nitrogens with zero attached hydrogens (tertiary/aromatic N) is 1. The molecule has 1 aromatic heterocycles. The minimum absolute atomic E-state index is 0.226. The predicted molar refractivity (Wildman–Crippen MR) is 271 cm³/mol. The third-order valence-corrected chi connectivity index (χ3v) is 13.3. The van der Waals surface area contributed by atoms with E-state index >= 15 is 0 Å². The van der Waals surface area contributed by atoms with Gasteiger partial charge in [-0.3, -0.25) is 5.32 Å². The van der Waals surface area contributed by atoms with Crippen LogP contribution in [0.3, 0.4) is 0 Å². The molecule has 4 heteroatoms. The molecule has 1 aliphatic rings. The van der Waals surface area contributed by atoms with Gasteiger partial charge in [-0.2, -0.15) is 0 Å². The predicted octanol–water partition coefficient (Wildman–Crippen LogP) is 15.5. The van der Waals surface area contributed by atoms with Gasteiger partial charge in [-0.05, 0) is 113 Å². The van der Waals surface area contributed by atoms with E-state index in [0.717, 1.165) is 66.7 Å². The maximum Gasteiger partial charge on any atom is 0.143 e. The molecule has 0 saturated carbocycles. The third kappa shape index (κ3) is 6.46. The van der Waals surface area contributed by atoms with Gasteiger partial charge in [0.15, 0.2) is 0 Å². The van der Waals surface area contributed by atoms with E-state index in [2.05, 4.69) is 229 Å². The number of fused-ring (bicyclic) bond motifs is 9. The molecule has 0 bridgehead atoms. The molecule has 0 aliphatic carbocycles. The van der Waals surface area contributed by atoms with E-state index < -0.39 is 6.17 Å². The molecular weight excluding hydrogens is 791 g/mol. The summed E-state index contributed by atoms with van der Waals surface area (Å²) in [5.74, 6) is 0.836. The molecule has 0 fully saturated rings. The fraction of sp³-hybridized carbons (Fsp3) is 0.0328. The van der Waals surface area contributed by atoms with Gasteiger partial charge >= 0.3 is 0 Å². The summed E-state index contributed by atoms with van der Waals surface area (Å²) in [6.45, 7) is 0. The molecule has 0 amide bonds. The zero-order valence-corrected chi connectivity index (χ0v) is 35.4. The molecule has 65 heavy (non-hydrogen) atoms.